The highest BCUT2D eigenvalue weighted by Gasteiger charge is 2.26. The molecule has 19 heavy (non-hydrogen) atoms. The summed E-state index contributed by atoms with van der Waals surface area (Å²) in [5.41, 5.74) is 1.02. The number of carbonyl (C=O) groups is 1. The zero-order valence-electron chi connectivity index (χ0n) is 12.2. The number of aryl methyl sites for hydroxylation is 1. The highest BCUT2D eigenvalue weighted by atomic mass is 16.1. The molecule has 106 valence electrons. The van der Waals surface area contributed by atoms with Gasteiger partial charge in [-0.15, -0.1) is 0 Å². The molecule has 1 fully saturated rings. The minimum atomic E-state index is 0.0116. The molecule has 0 saturated carbocycles. The first-order valence-corrected chi connectivity index (χ1v) is 7.03. The molecule has 0 amide bonds. The number of carbonyl (C=O) groups excluding carboxylic acids is 1. The highest BCUT2D eigenvalue weighted by Crippen LogP contribution is 2.11. The average Bonchev–Trinajstić information content (AvgIpc) is 2.75. The van der Waals surface area contributed by atoms with E-state index in [1.807, 2.05) is 24.0 Å². The summed E-state index contributed by atoms with van der Waals surface area (Å²) in [6.07, 6.45) is 5.40. The lowest BCUT2D eigenvalue weighted by Gasteiger charge is -2.25. The monoisotopic (exact) mass is 264 g/mol. The Balaban J connectivity index is 2.00. The lowest BCUT2D eigenvalue weighted by Crippen LogP contribution is -2.44. The zero-order chi connectivity index (χ0) is 13.8. The van der Waals surface area contributed by atoms with Crippen LogP contribution >= 0.6 is 0 Å². The number of aromatic nitrogens is 2. The number of nitrogens with zero attached hydrogens (tertiary/aromatic N) is 4. The van der Waals surface area contributed by atoms with E-state index in [0.717, 1.165) is 38.2 Å². The molecule has 1 aliphatic heterocycles. The normalized spacial score (nSPS) is 22.4. The second-order valence-corrected chi connectivity index (χ2v) is 5.46. The van der Waals surface area contributed by atoms with E-state index in [1.165, 1.54) is 0 Å². The minimum Gasteiger partial charge on any atom is -0.304 e. The van der Waals surface area contributed by atoms with Crippen LogP contribution in [-0.2, 0) is 17.8 Å². The molecule has 1 saturated heterocycles. The molecule has 1 atom stereocenters. The molecule has 0 N–H and O–H groups in total. The van der Waals surface area contributed by atoms with E-state index in [-0.39, 0.29) is 6.04 Å². The third kappa shape index (κ3) is 3.64. The molecule has 1 aromatic rings. The van der Waals surface area contributed by atoms with Crippen LogP contribution in [0, 0.1) is 0 Å². The van der Waals surface area contributed by atoms with Crippen LogP contribution in [0.2, 0.25) is 0 Å². The number of hydrogen-bond donors (Lipinski definition) is 0. The Labute approximate surface area is 115 Å². The highest BCUT2D eigenvalue weighted by molar-refractivity contribution is 5.86. The average molecular weight is 264 g/mol. The predicted molar refractivity (Wildman–Crippen MR) is 75.1 cm³/mol. The standard InChI is InChI=1S/C14H24N4O/c1-4-18-10-12(9-15-18)8-14(19)13-11-16(2)6-5-7-17(13)3/h9-10,13H,4-8,11H2,1-3H3. The first-order chi connectivity index (χ1) is 9.10. The Kier molecular flexibility index (Phi) is 4.71. The zero-order valence-corrected chi connectivity index (χ0v) is 12.2. The molecule has 5 heteroatoms. The smallest absolute Gasteiger partial charge is 0.155 e. The van der Waals surface area contributed by atoms with Gasteiger partial charge in [0.25, 0.3) is 0 Å². The van der Waals surface area contributed by atoms with Crippen molar-refractivity contribution in [3.8, 4) is 0 Å². The molecule has 5 nitrogen and oxygen atoms in total. The van der Waals surface area contributed by atoms with Gasteiger partial charge < -0.3 is 4.90 Å². The third-order valence-electron chi connectivity index (χ3n) is 3.83. The van der Waals surface area contributed by atoms with Crippen molar-refractivity contribution in [2.75, 3.05) is 33.7 Å². The van der Waals surface area contributed by atoms with Gasteiger partial charge in [-0.25, -0.2) is 0 Å². The van der Waals surface area contributed by atoms with Gasteiger partial charge in [0, 0.05) is 25.7 Å². The van der Waals surface area contributed by atoms with Crippen LogP contribution in [0.3, 0.4) is 0 Å². The van der Waals surface area contributed by atoms with Crippen molar-refractivity contribution < 1.29 is 4.79 Å². The van der Waals surface area contributed by atoms with E-state index >= 15 is 0 Å². The minimum absolute atomic E-state index is 0.0116. The van der Waals surface area contributed by atoms with E-state index in [4.69, 9.17) is 0 Å². The molecular weight excluding hydrogens is 240 g/mol. The quantitative estimate of drug-likeness (QED) is 0.801. The number of ketones is 1. The van der Waals surface area contributed by atoms with E-state index in [1.54, 1.807) is 0 Å². The molecule has 1 unspecified atom stereocenters. The molecule has 2 rings (SSSR count). The van der Waals surface area contributed by atoms with E-state index in [0.29, 0.717) is 12.2 Å². The van der Waals surface area contributed by atoms with Gasteiger partial charge in [0.05, 0.1) is 12.2 Å². The first-order valence-electron chi connectivity index (χ1n) is 7.03. The van der Waals surface area contributed by atoms with Crippen LogP contribution in [0.4, 0.5) is 0 Å². The molecule has 0 spiro atoms. The topological polar surface area (TPSA) is 41.4 Å². The van der Waals surface area contributed by atoms with Gasteiger partial charge in [-0.1, -0.05) is 0 Å². The summed E-state index contributed by atoms with van der Waals surface area (Å²) in [7, 11) is 4.14. The molecule has 1 aromatic heterocycles. The van der Waals surface area contributed by atoms with E-state index in [9.17, 15) is 4.79 Å². The van der Waals surface area contributed by atoms with Crippen LogP contribution in [0.5, 0.6) is 0 Å². The number of Topliss-reactive ketones (excluding diaryl/α,β-unsaturated/α-hetero) is 1. The molecule has 1 aliphatic rings. The van der Waals surface area contributed by atoms with Crippen LogP contribution in [0.25, 0.3) is 0 Å². The largest absolute Gasteiger partial charge is 0.304 e. The van der Waals surface area contributed by atoms with Crippen molar-refractivity contribution in [1.29, 1.82) is 0 Å². The van der Waals surface area contributed by atoms with Gasteiger partial charge in [-0.2, -0.15) is 5.10 Å². The van der Waals surface area contributed by atoms with Crippen LogP contribution < -0.4 is 0 Å². The fraction of sp³-hybridized carbons (Fsp3) is 0.714. The van der Waals surface area contributed by atoms with E-state index < -0.39 is 0 Å². The van der Waals surface area contributed by atoms with Crippen molar-refractivity contribution in [3.05, 3.63) is 18.0 Å². The van der Waals surface area contributed by atoms with Crippen LogP contribution in [0.15, 0.2) is 12.4 Å². The van der Waals surface area contributed by atoms with Crippen LogP contribution in [0.1, 0.15) is 18.9 Å². The van der Waals surface area contributed by atoms with Gasteiger partial charge in [-0.05, 0) is 46.1 Å². The van der Waals surface area contributed by atoms with Gasteiger partial charge in [0.2, 0.25) is 0 Å². The second kappa shape index (κ2) is 6.30. The number of likely N-dealkylation sites (N-methyl/N-ethyl adjacent to an activating group) is 2. The molecule has 2 heterocycles. The maximum absolute atomic E-state index is 12.5. The molecule has 0 aliphatic carbocycles. The fourth-order valence-electron chi connectivity index (χ4n) is 2.61. The maximum atomic E-state index is 12.5. The van der Waals surface area contributed by atoms with Crippen molar-refractivity contribution in [1.82, 2.24) is 19.6 Å². The maximum Gasteiger partial charge on any atom is 0.155 e. The first kappa shape index (κ1) is 14.2. The Morgan fingerprint density at radius 3 is 2.89 bits per heavy atom. The van der Waals surface area contributed by atoms with Crippen molar-refractivity contribution in [2.45, 2.75) is 32.4 Å². The summed E-state index contributed by atoms with van der Waals surface area (Å²) in [5.74, 6) is 0.298. The van der Waals surface area contributed by atoms with Gasteiger partial charge in [-0.3, -0.25) is 14.4 Å². The van der Waals surface area contributed by atoms with Gasteiger partial charge in [0.15, 0.2) is 5.78 Å². The summed E-state index contributed by atoms with van der Waals surface area (Å²) in [5, 5.41) is 4.23. The SMILES string of the molecule is CCn1cc(CC(=O)C2CN(C)CCCN2C)cn1. The fourth-order valence-corrected chi connectivity index (χ4v) is 2.61. The van der Waals surface area contributed by atoms with Gasteiger partial charge in [0.1, 0.15) is 0 Å². The summed E-state index contributed by atoms with van der Waals surface area (Å²) in [6.45, 7) is 5.79. The Bertz CT molecular complexity index is 429. The van der Waals surface area contributed by atoms with Crippen molar-refractivity contribution in [2.24, 2.45) is 0 Å². The summed E-state index contributed by atoms with van der Waals surface area (Å²) < 4.78 is 1.87. The lowest BCUT2D eigenvalue weighted by molar-refractivity contribution is -0.123. The molecule has 0 radical (unpaired) electrons. The lowest BCUT2D eigenvalue weighted by atomic mass is 10.1. The van der Waals surface area contributed by atoms with Gasteiger partial charge >= 0.3 is 0 Å². The van der Waals surface area contributed by atoms with Crippen molar-refractivity contribution >= 4 is 5.78 Å². The molecule has 0 bridgehead atoms. The number of rotatable bonds is 4. The third-order valence-corrected chi connectivity index (χ3v) is 3.83. The van der Waals surface area contributed by atoms with E-state index in [2.05, 4.69) is 29.0 Å². The number of hydrogen-bond acceptors (Lipinski definition) is 4. The predicted octanol–water partition coefficient (Wildman–Crippen LogP) is 0.651. The van der Waals surface area contributed by atoms with Crippen molar-refractivity contribution in [3.63, 3.8) is 0 Å². The Hall–Kier alpha value is -1.20. The summed E-state index contributed by atoms with van der Waals surface area (Å²) >= 11 is 0. The summed E-state index contributed by atoms with van der Waals surface area (Å²) in [6, 6.07) is 0.0116. The Morgan fingerprint density at radius 2 is 2.21 bits per heavy atom. The second-order valence-electron chi connectivity index (χ2n) is 5.46. The molecule has 0 aromatic carbocycles. The Morgan fingerprint density at radius 1 is 1.42 bits per heavy atom. The summed E-state index contributed by atoms with van der Waals surface area (Å²) in [4.78, 5) is 16.9. The molecular formula is C14H24N4O. The van der Waals surface area contributed by atoms with Crippen LogP contribution in [-0.4, -0.2) is 65.1 Å².